The van der Waals surface area contributed by atoms with E-state index in [1.807, 2.05) is 48.5 Å². The molecule has 8 nitrogen and oxygen atoms in total. The number of aliphatic hydroxyl groups is 1. The molecule has 3 fully saturated rings. The van der Waals surface area contributed by atoms with Crippen LogP contribution in [0.3, 0.4) is 0 Å². The minimum Gasteiger partial charge on any atom is -0.444 e. The highest BCUT2D eigenvalue weighted by Crippen LogP contribution is 2.31. The Morgan fingerprint density at radius 2 is 1.26 bits per heavy atom. The number of morpholine rings is 1. The normalized spacial score (nSPS) is 29.6. The Labute approximate surface area is 161 Å². The van der Waals surface area contributed by atoms with Crippen LogP contribution in [0.5, 0.6) is 0 Å². The van der Waals surface area contributed by atoms with Crippen LogP contribution in [0.15, 0.2) is 0 Å². The van der Waals surface area contributed by atoms with Crippen LogP contribution in [-0.2, 0) is 14.2 Å². The van der Waals surface area contributed by atoms with Crippen molar-refractivity contribution in [3.8, 4) is 0 Å². The maximum absolute atomic E-state index is 11.5. The molecule has 0 bridgehead atoms. The molecule has 2 amide bonds. The molecule has 3 saturated heterocycles. The Morgan fingerprint density at radius 1 is 0.852 bits per heavy atom. The Hall–Kier alpha value is -1.54. The van der Waals surface area contributed by atoms with Gasteiger partial charge in [0.25, 0.3) is 0 Å². The van der Waals surface area contributed by atoms with Gasteiger partial charge in [0.05, 0.1) is 25.7 Å². The van der Waals surface area contributed by atoms with Gasteiger partial charge in [0.1, 0.15) is 23.4 Å². The van der Waals surface area contributed by atoms with Crippen molar-refractivity contribution in [2.24, 2.45) is 5.92 Å². The zero-order chi connectivity index (χ0) is 20.6. The third kappa shape index (κ3) is 6.84. The van der Waals surface area contributed by atoms with E-state index in [-0.39, 0.29) is 30.3 Å². The number of amides is 2. The number of hydrogen-bond acceptors (Lipinski definition) is 6. The minimum atomic E-state index is -0.464. The molecule has 27 heavy (non-hydrogen) atoms. The van der Waals surface area contributed by atoms with Gasteiger partial charge in [0, 0.05) is 12.5 Å². The predicted molar refractivity (Wildman–Crippen MR) is 99.4 cm³/mol. The molecule has 0 aromatic rings. The van der Waals surface area contributed by atoms with Crippen molar-refractivity contribution >= 4 is 12.2 Å². The van der Waals surface area contributed by atoms with Gasteiger partial charge in [0.15, 0.2) is 0 Å². The van der Waals surface area contributed by atoms with E-state index in [2.05, 4.69) is 0 Å². The highest BCUT2D eigenvalue weighted by atomic mass is 16.6. The van der Waals surface area contributed by atoms with Crippen molar-refractivity contribution in [1.29, 1.82) is 0 Å². The first-order valence-corrected chi connectivity index (χ1v) is 9.54. The zero-order valence-electron chi connectivity index (χ0n) is 17.5. The summed E-state index contributed by atoms with van der Waals surface area (Å²) in [6.07, 6.45) is -0.397. The average molecular weight is 386 g/mol. The van der Waals surface area contributed by atoms with Crippen LogP contribution < -0.4 is 0 Å². The lowest BCUT2D eigenvalue weighted by Crippen LogP contribution is -2.37. The van der Waals surface area contributed by atoms with Crippen molar-refractivity contribution in [2.75, 3.05) is 26.2 Å². The Morgan fingerprint density at radius 3 is 1.59 bits per heavy atom. The number of hydrogen-bond donors (Lipinski definition) is 1. The Kier molecular flexibility index (Phi) is 6.31. The van der Waals surface area contributed by atoms with Gasteiger partial charge in [0.2, 0.25) is 0 Å². The summed E-state index contributed by atoms with van der Waals surface area (Å²) in [6, 6.07) is 0. The number of nitrogens with zero attached hydrogens (tertiary/aromatic N) is 2. The van der Waals surface area contributed by atoms with Crippen molar-refractivity contribution in [3.63, 3.8) is 0 Å². The Bertz CT molecular complexity index is 533. The first-order valence-electron chi connectivity index (χ1n) is 9.54. The molecule has 3 rings (SSSR count). The third-order valence-electron chi connectivity index (χ3n) is 4.36. The van der Waals surface area contributed by atoms with Crippen LogP contribution in [-0.4, -0.2) is 82.8 Å². The average Bonchev–Trinajstić information content (AvgIpc) is 2.92. The molecule has 3 aliphatic rings. The molecular formula is C19H34N2O6. The van der Waals surface area contributed by atoms with Crippen LogP contribution >= 0.6 is 0 Å². The molecular weight excluding hydrogens is 352 g/mol. The number of carbonyl (C=O) groups is 2. The molecule has 0 spiro atoms. The highest BCUT2D eigenvalue weighted by molar-refractivity contribution is 5.69. The SMILES string of the molecule is CC(C)(C)OC(=O)N1CC2OC2C1.CC1CN(C(=O)OC(C)(C)C)CC1O. The molecule has 156 valence electrons. The molecule has 8 heteroatoms. The maximum atomic E-state index is 11.5. The smallest absolute Gasteiger partial charge is 0.410 e. The van der Waals surface area contributed by atoms with E-state index in [1.165, 1.54) is 0 Å². The van der Waals surface area contributed by atoms with Crippen molar-refractivity contribution in [1.82, 2.24) is 9.80 Å². The molecule has 0 aliphatic carbocycles. The highest BCUT2D eigenvalue weighted by Gasteiger charge is 2.49. The zero-order valence-corrected chi connectivity index (χ0v) is 17.5. The molecule has 3 heterocycles. The molecule has 3 aliphatic heterocycles. The van der Waals surface area contributed by atoms with E-state index < -0.39 is 17.3 Å². The summed E-state index contributed by atoms with van der Waals surface area (Å²) in [7, 11) is 0. The fourth-order valence-electron chi connectivity index (χ4n) is 2.91. The second kappa shape index (κ2) is 7.83. The first kappa shape index (κ1) is 21.8. The van der Waals surface area contributed by atoms with E-state index in [0.717, 1.165) is 0 Å². The second-order valence-electron chi connectivity index (χ2n) is 9.53. The summed E-state index contributed by atoms with van der Waals surface area (Å²) >= 11 is 0. The molecule has 0 aromatic carbocycles. The fourth-order valence-corrected chi connectivity index (χ4v) is 2.91. The van der Waals surface area contributed by atoms with E-state index in [1.54, 1.807) is 9.80 Å². The fraction of sp³-hybridized carbons (Fsp3) is 0.895. The van der Waals surface area contributed by atoms with Gasteiger partial charge < -0.3 is 29.1 Å². The van der Waals surface area contributed by atoms with E-state index in [9.17, 15) is 14.7 Å². The lowest BCUT2D eigenvalue weighted by Gasteiger charge is -2.24. The quantitative estimate of drug-likeness (QED) is 0.642. The Balaban J connectivity index is 0.000000194. The van der Waals surface area contributed by atoms with Crippen LogP contribution in [0, 0.1) is 5.92 Å². The molecule has 4 unspecified atom stereocenters. The number of ether oxygens (including phenoxy) is 3. The van der Waals surface area contributed by atoms with E-state index in [4.69, 9.17) is 14.2 Å². The van der Waals surface area contributed by atoms with Gasteiger partial charge in [-0.05, 0) is 41.5 Å². The standard InChI is InChI=1S/C10H19NO3.C9H15NO3/c1-7-5-11(6-8(7)12)9(13)14-10(2,3)4;1-9(2,3)13-8(11)10-4-6-7(5-10)12-6/h7-8,12H,5-6H2,1-4H3;6-7H,4-5H2,1-3H3. The number of epoxide rings is 1. The summed E-state index contributed by atoms with van der Waals surface area (Å²) in [6.45, 7) is 15.4. The maximum Gasteiger partial charge on any atom is 0.410 e. The van der Waals surface area contributed by atoms with Gasteiger partial charge in [-0.2, -0.15) is 0 Å². The number of likely N-dealkylation sites (tertiary alicyclic amines) is 2. The molecule has 4 atom stereocenters. The van der Waals surface area contributed by atoms with Crippen molar-refractivity contribution in [3.05, 3.63) is 0 Å². The van der Waals surface area contributed by atoms with Crippen LogP contribution in [0.4, 0.5) is 9.59 Å². The minimum absolute atomic E-state index is 0.141. The summed E-state index contributed by atoms with van der Waals surface area (Å²) in [5.74, 6) is 0.141. The summed E-state index contributed by atoms with van der Waals surface area (Å²) in [5, 5.41) is 9.47. The van der Waals surface area contributed by atoms with Gasteiger partial charge in [-0.25, -0.2) is 9.59 Å². The summed E-state index contributed by atoms with van der Waals surface area (Å²) < 4.78 is 15.6. The summed E-state index contributed by atoms with van der Waals surface area (Å²) in [5.41, 5.74) is -0.863. The topological polar surface area (TPSA) is 91.8 Å². The van der Waals surface area contributed by atoms with Crippen molar-refractivity contribution < 1.29 is 28.9 Å². The third-order valence-corrected chi connectivity index (χ3v) is 4.36. The van der Waals surface area contributed by atoms with Gasteiger partial charge in [-0.15, -0.1) is 0 Å². The number of carbonyl (C=O) groups excluding carboxylic acids is 2. The van der Waals surface area contributed by atoms with Crippen molar-refractivity contribution in [2.45, 2.75) is 78.0 Å². The van der Waals surface area contributed by atoms with E-state index in [0.29, 0.717) is 26.2 Å². The van der Waals surface area contributed by atoms with Crippen LogP contribution in [0.1, 0.15) is 48.5 Å². The van der Waals surface area contributed by atoms with Crippen LogP contribution in [0.25, 0.3) is 0 Å². The number of rotatable bonds is 0. The lowest BCUT2D eigenvalue weighted by molar-refractivity contribution is 0.0228. The van der Waals surface area contributed by atoms with E-state index >= 15 is 0 Å². The number of β-amino-alcohol motifs (C(OH)–C–C–N with tert-alkyl or cyclic N) is 1. The number of aliphatic hydroxyl groups excluding tert-OH is 1. The first-order chi connectivity index (χ1) is 12.2. The summed E-state index contributed by atoms with van der Waals surface area (Å²) in [4.78, 5) is 26.3. The van der Waals surface area contributed by atoms with Gasteiger partial charge >= 0.3 is 12.2 Å². The number of fused-ring (bicyclic) bond motifs is 1. The monoisotopic (exact) mass is 386 g/mol. The molecule has 0 saturated carbocycles. The van der Waals surface area contributed by atoms with Gasteiger partial charge in [-0.1, -0.05) is 6.92 Å². The second-order valence-corrected chi connectivity index (χ2v) is 9.53. The predicted octanol–water partition coefficient (Wildman–Crippen LogP) is 2.24. The van der Waals surface area contributed by atoms with Crippen LogP contribution in [0.2, 0.25) is 0 Å². The molecule has 1 N–H and O–H groups in total. The largest absolute Gasteiger partial charge is 0.444 e. The molecule has 0 aromatic heterocycles. The van der Waals surface area contributed by atoms with Gasteiger partial charge in [-0.3, -0.25) is 0 Å². The lowest BCUT2D eigenvalue weighted by atomic mass is 10.1. The molecule has 0 radical (unpaired) electrons.